The van der Waals surface area contributed by atoms with Gasteiger partial charge in [-0.25, -0.2) is 0 Å². The fourth-order valence-electron chi connectivity index (χ4n) is 2.28. The van der Waals surface area contributed by atoms with Crippen LogP contribution in [0.25, 0.3) is 0 Å². The maximum Gasteiger partial charge on any atom is 0.0423 e. The van der Waals surface area contributed by atoms with Crippen LogP contribution >= 0.6 is 23.2 Å². The maximum absolute atomic E-state index is 6.01. The first-order valence-electron chi connectivity index (χ1n) is 5.92. The zero-order chi connectivity index (χ0) is 11.1. The van der Waals surface area contributed by atoms with Crippen LogP contribution in [0.2, 0.25) is 10.0 Å². The van der Waals surface area contributed by atoms with Gasteiger partial charge in [0.15, 0.2) is 0 Å². The van der Waals surface area contributed by atoms with E-state index in [2.05, 4.69) is 17.4 Å². The molecule has 0 bridgehead atoms. The van der Waals surface area contributed by atoms with Gasteiger partial charge in [0, 0.05) is 16.1 Å². The molecule has 1 N–H and O–H groups in total. The zero-order valence-electron chi connectivity index (χ0n) is 9.05. The molecule has 2 atom stereocenters. The minimum absolute atomic E-state index is 0.669. The van der Waals surface area contributed by atoms with E-state index in [4.69, 9.17) is 23.2 Å². The molecule has 2 saturated carbocycles. The molecule has 2 unspecified atom stereocenters. The van der Waals surface area contributed by atoms with Crippen LogP contribution in [0.15, 0.2) is 18.2 Å². The Balaban J connectivity index is 1.60. The molecule has 2 aliphatic rings. The second-order valence-electron chi connectivity index (χ2n) is 4.99. The van der Waals surface area contributed by atoms with Gasteiger partial charge < -0.3 is 5.32 Å². The average molecular weight is 256 g/mol. The van der Waals surface area contributed by atoms with Crippen molar-refractivity contribution in [3.8, 4) is 0 Å². The van der Waals surface area contributed by atoms with E-state index < -0.39 is 0 Å². The Morgan fingerprint density at radius 2 is 1.81 bits per heavy atom. The van der Waals surface area contributed by atoms with Crippen molar-refractivity contribution in [2.75, 3.05) is 6.54 Å². The van der Waals surface area contributed by atoms with Gasteiger partial charge in [-0.05, 0) is 61.4 Å². The Morgan fingerprint density at radius 1 is 1.12 bits per heavy atom. The third kappa shape index (κ3) is 2.53. The molecule has 2 aliphatic carbocycles. The lowest BCUT2D eigenvalue weighted by Gasteiger charge is -2.04. The summed E-state index contributed by atoms with van der Waals surface area (Å²) in [6.45, 7) is 1.15. The third-order valence-corrected chi connectivity index (χ3v) is 3.92. The first-order chi connectivity index (χ1) is 7.72. The fourth-order valence-corrected chi connectivity index (χ4v) is 2.82. The molecule has 0 radical (unpaired) electrons. The SMILES string of the molecule is Clc1cc(Cl)cc(C2CC2CNC2CC2)c1. The first-order valence-corrected chi connectivity index (χ1v) is 6.67. The number of nitrogens with one attached hydrogen (secondary N) is 1. The van der Waals surface area contributed by atoms with Gasteiger partial charge in [-0.3, -0.25) is 0 Å². The smallest absolute Gasteiger partial charge is 0.0423 e. The van der Waals surface area contributed by atoms with Crippen molar-refractivity contribution in [2.45, 2.75) is 31.2 Å². The van der Waals surface area contributed by atoms with E-state index in [0.29, 0.717) is 5.92 Å². The van der Waals surface area contributed by atoms with Crippen LogP contribution in [0.5, 0.6) is 0 Å². The molecule has 1 nitrogen and oxygen atoms in total. The molecule has 86 valence electrons. The molecule has 0 saturated heterocycles. The second-order valence-corrected chi connectivity index (χ2v) is 5.86. The molecule has 0 aliphatic heterocycles. The van der Waals surface area contributed by atoms with E-state index in [9.17, 15) is 0 Å². The summed E-state index contributed by atoms with van der Waals surface area (Å²) >= 11 is 12.0. The van der Waals surface area contributed by atoms with Crippen LogP contribution in [0.3, 0.4) is 0 Å². The summed E-state index contributed by atoms with van der Waals surface area (Å²) in [5.74, 6) is 1.46. The van der Waals surface area contributed by atoms with Gasteiger partial charge >= 0.3 is 0 Å². The van der Waals surface area contributed by atoms with E-state index in [1.807, 2.05) is 0 Å². The lowest BCUT2D eigenvalue weighted by Crippen LogP contribution is -2.19. The van der Waals surface area contributed by atoms with Crippen LogP contribution in [0.4, 0.5) is 0 Å². The Labute approximate surface area is 106 Å². The molecule has 1 aromatic carbocycles. The molecule has 3 heteroatoms. The van der Waals surface area contributed by atoms with Crippen LogP contribution in [0, 0.1) is 5.92 Å². The summed E-state index contributed by atoms with van der Waals surface area (Å²) in [6, 6.07) is 6.71. The molecule has 3 rings (SSSR count). The maximum atomic E-state index is 6.01. The van der Waals surface area contributed by atoms with Gasteiger partial charge in [0.2, 0.25) is 0 Å². The Hall–Kier alpha value is -0.240. The van der Waals surface area contributed by atoms with Crippen molar-refractivity contribution < 1.29 is 0 Å². The molecule has 0 heterocycles. The lowest BCUT2D eigenvalue weighted by atomic mass is 10.1. The molecule has 1 aromatic rings. The quantitative estimate of drug-likeness (QED) is 0.862. The van der Waals surface area contributed by atoms with Crippen LogP contribution in [0.1, 0.15) is 30.7 Å². The third-order valence-electron chi connectivity index (χ3n) is 3.48. The molecule has 0 amide bonds. The Morgan fingerprint density at radius 3 is 2.44 bits per heavy atom. The molecular weight excluding hydrogens is 241 g/mol. The summed E-state index contributed by atoms with van der Waals surface area (Å²) in [5, 5.41) is 5.09. The summed E-state index contributed by atoms with van der Waals surface area (Å²) in [7, 11) is 0. The highest BCUT2D eigenvalue weighted by Gasteiger charge is 2.39. The van der Waals surface area contributed by atoms with E-state index in [0.717, 1.165) is 28.5 Å². The number of halogens is 2. The molecule has 16 heavy (non-hydrogen) atoms. The standard InChI is InChI=1S/C13H15Cl2N/c14-10-3-8(4-11(15)6-10)13-5-9(13)7-16-12-1-2-12/h3-4,6,9,12-13,16H,1-2,5,7H2. The fraction of sp³-hybridized carbons (Fsp3) is 0.538. The van der Waals surface area contributed by atoms with Gasteiger partial charge in [-0.15, -0.1) is 0 Å². The van der Waals surface area contributed by atoms with Crippen molar-refractivity contribution in [1.29, 1.82) is 0 Å². The van der Waals surface area contributed by atoms with Crippen molar-refractivity contribution in [1.82, 2.24) is 5.32 Å². The van der Waals surface area contributed by atoms with Crippen LogP contribution in [-0.4, -0.2) is 12.6 Å². The average Bonchev–Trinajstić information content (AvgIpc) is 3.10. The molecular formula is C13H15Cl2N. The van der Waals surface area contributed by atoms with Crippen molar-refractivity contribution in [2.24, 2.45) is 5.92 Å². The second kappa shape index (κ2) is 4.21. The first kappa shape index (κ1) is 10.9. The zero-order valence-corrected chi connectivity index (χ0v) is 10.6. The number of rotatable bonds is 4. The normalized spacial score (nSPS) is 28.1. The van der Waals surface area contributed by atoms with Gasteiger partial charge in [0.05, 0.1) is 0 Å². The monoisotopic (exact) mass is 255 g/mol. The summed E-state index contributed by atoms with van der Waals surface area (Å²) in [6.07, 6.45) is 4.00. The minimum Gasteiger partial charge on any atom is -0.314 e. The van der Waals surface area contributed by atoms with E-state index in [1.54, 1.807) is 6.07 Å². The van der Waals surface area contributed by atoms with E-state index >= 15 is 0 Å². The summed E-state index contributed by atoms with van der Waals surface area (Å²) in [5.41, 5.74) is 1.31. The molecule has 0 aromatic heterocycles. The van der Waals surface area contributed by atoms with Gasteiger partial charge in [0.1, 0.15) is 0 Å². The topological polar surface area (TPSA) is 12.0 Å². The largest absolute Gasteiger partial charge is 0.314 e. The number of benzene rings is 1. The van der Waals surface area contributed by atoms with E-state index in [-0.39, 0.29) is 0 Å². The highest BCUT2D eigenvalue weighted by molar-refractivity contribution is 6.34. The van der Waals surface area contributed by atoms with Gasteiger partial charge in [-0.2, -0.15) is 0 Å². The Kier molecular flexibility index (Phi) is 2.87. The number of hydrogen-bond donors (Lipinski definition) is 1. The van der Waals surface area contributed by atoms with Crippen molar-refractivity contribution >= 4 is 23.2 Å². The van der Waals surface area contributed by atoms with Crippen LogP contribution < -0.4 is 5.32 Å². The number of hydrogen-bond acceptors (Lipinski definition) is 1. The molecule has 0 spiro atoms. The van der Waals surface area contributed by atoms with Crippen LogP contribution in [-0.2, 0) is 0 Å². The Bertz CT molecular complexity index is 381. The predicted molar refractivity (Wildman–Crippen MR) is 68.3 cm³/mol. The van der Waals surface area contributed by atoms with Gasteiger partial charge in [0.25, 0.3) is 0 Å². The van der Waals surface area contributed by atoms with Gasteiger partial charge in [-0.1, -0.05) is 23.2 Å². The van der Waals surface area contributed by atoms with Crippen molar-refractivity contribution in [3.63, 3.8) is 0 Å². The van der Waals surface area contributed by atoms with E-state index in [1.165, 1.54) is 24.8 Å². The summed E-state index contributed by atoms with van der Waals surface area (Å²) < 4.78 is 0. The minimum atomic E-state index is 0.669. The van der Waals surface area contributed by atoms with Crippen molar-refractivity contribution in [3.05, 3.63) is 33.8 Å². The highest BCUT2D eigenvalue weighted by atomic mass is 35.5. The lowest BCUT2D eigenvalue weighted by molar-refractivity contribution is 0.624. The summed E-state index contributed by atoms with van der Waals surface area (Å²) in [4.78, 5) is 0. The molecule has 2 fully saturated rings. The predicted octanol–water partition coefficient (Wildman–Crippen LogP) is 3.85. The highest BCUT2D eigenvalue weighted by Crippen LogP contribution is 2.48.